The van der Waals surface area contributed by atoms with E-state index in [2.05, 4.69) is 16.7 Å². The first-order valence-electron chi connectivity index (χ1n) is 7.71. The summed E-state index contributed by atoms with van der Waals surface area (Å²) in [6.07, 6.45) is 6.23. The lowest BCUT2D eigenvalue weighted by Gasteiger charge is -2.17. The van der Waals surface area contributed by atoms with Crippen molar-refractivity contribution in [2.75, 3.05) is 5.88 Å². The number of halogens is 1. The number of rotatable bonds is 5. The number of aryl methyl sites for hydroxylation is 1. The molecule has 2 aliphatic carbocycles. The number of benzene rings is 1. The molecule has 1 aromatic heterocycles. The number of fused-ring (bicyclic) bond motifs is 1. The van der Waals surface area contributed by atoms with Crippen LogP contribution in [0, 0.1) is 22.7 Å². The second-order valence-corrected chi connectivity index (χ2v) is 6.85. The zero-order chi connectivity index (χ0) is 14.4. The zero-order valence-electron chi connectivity index (χ0n) is 12.0. The van der Waals surface area contributed by atoms with Crippen LogP contribution < -0.4 is 0 Å². The van der Waals surface area contributed by atoms with Crippen molar-refractivity contribution < 1.29 is 0 Å². The summed E-state index contributed by atoms with van der Waals surface area (Å²) in [5, 5.41) is 9.28. The first-order valence-corrected chi connectivity index (χ1v) is 8.25. The van der Waals surface area contributed by atoms with Crippen LogP contribution in [0.2, 0.25) is 0 Å². The van der Waals surface area contributed by atoms with E-state index in [1.165, 1.54) is 25.7 Å². The molecule has 108 valence electrons. The van der Waals surface area contributed by atoms with Crippen molar-refractivity contribution in [1.82, 2.24) is 9.55 Å². The van der Waals surface area contributed by atoms with Gasteiger partial charge in [-0.05, 0) is 49.1 Å². The van der Waals surface area contributed by atoms with Crippen molar-refractivity contribution in [3.63, 3.8) is 0 Å². The molecule has 0 radical (unpaired) electrons. The quantitative estimate of drug-likeness (QED) is 0.786. The Labute approximate surface area is 129 Å². The highest BCUT2D eigenvalue weighted by atomic mass is 35.5. The van der Waals surface area contributed by atoms with Crippen molar-refractivity contribution in [3.8, 4) is 6.07 Å². The Kier molecular flexibility index (Phi) is 2.97. The Bertz CT molecular complexity index is 732. The first-order chi connectivity index (χ1) is 10.3. The molecule has 0 N–H and O–H groups in total. The van der Waals surface area contributed by atoms with Gasteiger partial charge in [0.05, 0.1) is 11.1 Å². The topological polar surface area (TPSA) is 41.6 Å². The van der Waals surface area contributed by atoms with Gasteiger partial charge in [0.2, 0.25) is 0 Å². The molecular weight excluding hydrogens is 282 g/mol. The Morgan fingerprint density at radius 3 is 2.81 bits per heavy atom. The number of alkyl halides is 1. The molecule has 2 aliphatic rings. The van der Waals surface area contributed by atoms with E-state index in [0.717, 1.165) is 35.7 Å². The molecule has 0 saturated heterocycles. The number of hydrogen-bond donors (Lipinski definition) is 0. The molecule has 4 rings (SSSR count). The maximum Gasteiger partial charge on any atom is 0.111 e. The van der Waals surface area contributed by atoms with Crippen molar-refractivity contribution >= 4 is 22.6 Å². The Morgan fingerprint density at radius 1 is 1.38 bits per heavy atom. The number of para-hydroxylation sites is 1. The van der Waals surface area contributed by atoms with E-state index in [4.69, 9.17) is 16.6 Å². The minimum atomic E-state index is 0.511. The SMILES string of the molecule is N#Cc1cccc2c1nc(CCCl)n2CC1(C2CC2)CC1. The smallest absolute Gasteiger partial charge is 0.111 e. The lowest BCUT2D eigenvalue weighted by molar-refractivity contribution is 0.369. The normalized spacial score (nSPS) is 19.6. The van der Waals surface area contributed by atoms with Crippen molar-refractivity contribution in [1.29, 1.82) is 5.26 Å². The van der Waals surface area contributed by atoms with E-state index in [1.807, 2.05) is 12.1 Å². The molecule has 0 spiro atoms. The summed E-state index contributed by atoms with van der Waals surface area (Å²) in [7, 11) is 0. The van der Waals surface area contributed by atoms with Crippen molar-refractivity contribution in [2.24, 2.45) is 11.3 Å². The fourth-order valence-electron chi connectivity index (χ4n) is 3.60. The maximum atomic E-state index is 9.28. The summed E-state index contributed by atoms with van der Waals surface area (Å²) in [5.74, 6) is 2.52. The highest BCUT2D eigenvalue weighted by Gasteiger charge is 2.54. The van der Waals surface area contributed by atoms with E-state index >= 15 is 0 Å². The fourth-order valence-corrected chi connectivity index (χ4v) is 3.77. The first kappa shape index (κ1) is 13.2. The standard InChI is InChI=1S/C17H18ClN3/c18-9-6-15-20-16-12(10-19)2-1-3-14(16)21(15)11-17(7-8-17)13-4-5-13/h1-3,13H,4-9,11H2. The summed E-state index contributed by atoms with van der Waals surface area (Å²) >= 11 is 5.95. The second-order valence-electron chi connectivity index (χ2n) is 6.47. The molecule has 0 amide bonds. The van der Waals surface area contributed by atoms with Crippen LogP contribution in [-0.2, 0) is 13.0 Å². The summed E-state index contributed by atoms with van der Waals surface area (Å²) in [4.78, 5) is 4.72. The molecule has 2 fully saturated rings. The number of nitrogens with zero attached hydrogens (tertiary/aromatic N) is 3. The Hall–Kier alpha value is -1.53. The average Bonchev–Trinajstić information content (AvgIpc) is 3.38. The average molecular weight is 300 g/mol. The van der Waals surface area contributed by atoms with Gasteiger partial charge in [0, 0.05) is 18.8 Å². The summed E-state index contributed by atoms with van der Waals surface area (Å²) < 4.78 is 2.34. The highest BCUT2D eigenvalue weighted by molar-refractivity contribution is 6.17. The van der Waals surface area contributed by atoms with Gasteiger partial charge in [-0.2, -0.15) is 5.26 Å². The van der Waals surface area contributed by atoms with E-state index in [0.29, 0.717) is 16.9 Å². The van der Waals surface area contributed by atoms with Crippen LogP contribution in [0.5, 0.6) is 0 Å². The van der Waals surface area contributed by atoms with Crippen LogP contribution in [0.1, 0.15) is 37.1 Å². The molecule has 3 nitrogen and oxygen atoms in total. The number of nitriles is 1. The third kappa shape index (κ3) is 2.13. The molecule has 0 unspecified atom stereocenters. The fraction of sp³-hybridized carbons (Fsp3) is 0.529. The summed E-state index contributed by atoms with van der Waals surface area (Å²) in [6.45, 7) is 1.05. The molecule has 2 saturated carbocycles. The van der Waals surface area contributed by atoms with Crippen LogP contribution in [0.4, 0.5) is 0 Å². The number of imidazole rings is 1. The van der Waals surface area contributed by atoms with E-state index in [9.17, 15) is 5.26 Å². The highest BCUT2D eigenvalue weighted by Crippen LogP contribution is 2.62. The van der Waals surface area contributed by atoms with Crippen LogP contribution in [0.3, 0.4) is 0 Å². The van der Waals surface area contributed by atoms with Gasteiger partial charge in [0.1, 0.15) is 17.4 Å². The molecule has 0 aliphatic heterocycles. The Balaban J connectivity index is 1.81. The molecule has 4 heteroatoms. The van der Waals surface area contributed by atoms with Crippen molar-refractivity contribution in [2.45, 2.75) is 38.6 Å². The third-order valence-corrected chi connectivity index (χ3v) is 5.29. The largest absolute Gasteiger partial charge is 0.327 e. The Morgan fingerprint density at radius 2 is 2.19 bits per heavy atom. The summed E-state index contributed by atoms with van der Waals surface area (Å²) in [5.41, 5.74) is 3.11. The maximum absolute atomic E-state index is 9.28. The van der Waals surface area contributed by atoms with Gasteiger partial charge in [-0.15, -0.1) is 11.6 Å². The minimum absolute atomic E-state index is 0.511. The van der Waals surface area contributed by atoms with Gasteiger partial charge in [-0.1, -0.05) is 6.07 Å². The molecule has 0 bridgehead atoms. The van der Waals surface area contributed by atoms with Crippen molar-refractivity contribution in [3.05, 3.63) is 29.6 Å². The lowest BCUT2D eigenvalue weighted by Crippen LogP contribution is -2.16. The second kappa shape index (κ2) is 4.74. The van der Waals surface area contributed by atoms with E-state index in [-0.39, 0.29) is 0 Å². The van der Waals surface area contributed by atoms with Gasteiger partial charge in [-0.3, -0.25) is 0 Å². The molecule has 2 aromatic rings. The predicted molar refractivity (Wildman–Crippen MR) is 83.3 cm³/mol. The van der Waals surface area contributed by atoms with Gasteiger partial charge < -0.3 is 4.57 Å². The molecule has 1 heterocycles. The lowest BCUT2D eigenvalue weighted by atomic mass is 10.0. The van der Waals surface area contributed by atoms with Crippen LogP contribution in [0.15, 0.2) is 18.2 Å². The van der Waals surface area contributed by atoms with Gasteiger partial charge in [0.15, 0.2) is 0 Å². The van der Waals surface area contributed by atoms with Gasteiger partial charge in [-0.25, -0.2) is 4.98 Å². The number of aromatic nitrogens is 2. The predicted octanol–water partition coefficient (Wildman–Crippen LogP) is 3.88. The monoisotopic (exact) mass is 299 g/mol. The van der Waals surface area contributed by atoms with E-state index < -0.39 is 0 Å². The summed E-state index contributed by atoms with van der Waals surface area (Å²) in [6, 6.07) is 8.15. The molecule has 0 atom stereocenters. The van der Waals surface area contributed by atoms with Crippen LogP contribution >= 0.6 is 11.6 Å². The van der Waals surface area contributed by atoms with Gasteiger partial charge >= 0.3 is 0 Å². The number of hydrogen-bond acceptors (Lipinski definition) is 2. The third-order valence-electron chi connectivity index (χ3n) is 5.11. The zero-order valence-corrected chi connectivity index (χ0v) is 12.7. The van der Waals surface area contributed by atoms with Crippen LogP contribution in [0.25, 0.3) is 11.0 Å². The minimum Gasteiger partial charge on any atom is -0.327 e. The van der Waals surface area contributed by atoms with Gasteiger partial charge in [0.25, 0.3) is 0 Å². The van der Waals surface area contributed by atoms with E-state index in [1.54, 1.807) is 0 Å². The molecule has 21 heavy (non-hydrogen) atoms. The molecular formula is C17H18ClN3. The van der Waals surface area contributed by atoms with Crippen LogP contribution in [-0.4, -0.2) is 15.4 Å². The molecule has 1 aromatic carbocycles.